The molecule has 3 aliphatic rings. The second-order valence-electron chi connectivity index (χ2n) is 4.27. The largest absolute Gasteiger partial charge is 0.464 e. The summed E-state index contributed by atoms with van der Waals surface area (Å²) in [6.45, 7) is 9.40. The first-order chi connectivity index (χ1) is 7.09. The average Bonchev–Trinajstić information content (AvgIpc) is 2.22. The van der Waals surface area contributed by atoms with E-state index in [9.17, 15) is 4.79 Å². The molecule has 0 aromatic carbocycles. The third kappa shape index (κ3) is 1.80. The molecule has 1 fully saturated rings. The van der Waals surface area contributed by atoms with Crippen molar-refractivity contribution >= 4 is 5.97 Å². The molecule has 3 aliphatic heterocycles. The lowest BCUT2D eigenvalue weighted by Crippen LogP contribution is -2.58. The van der Waals surface area contributed by atoms with Crippen molar-refractivity contribution in [2.24, 2.45) is 0 Å². The molecule has 1 saturated heterocycles. The van der Waals surface area contributed by atoms with Gasteiger partial charge in [-0.25, -0.2) is 0 Å². The number of hydrogen-bond donors (Lipinski definition) is 0. The minimum Gasteiger partial charge on any atom is -0.464 e. The number of carbonyl (C=O) groups is 1. The summed E-state index contributed by atoms with van der Waals surface area (Å²) in [6.07, 6.45) is 0. The SMILES string of the molecule is CC(=O)OCC1CN2CCN1C(C)=C2C. The number of ether oxygens (including phenoxy) is 1. The van der Waals surface area contributed by atoms with E-state index in [0.29, 0.717) is 12.6 Å². The molecule has 3 heterocycles. The summed E-state index contributed by atoms with van der Waals surface area (Å²) in [5, 5.41) is 0. The van der Waals surface area contributed by atoms with Crippen LogP contribution >= 0.6 is 0 Å². The topological polar surface area (TPSA) is 32.8 Å². The summed E-state index contributed by atoms with van der Waals surface area (Å²) in [6, 6.07) is 0.339. The van der Waals surface area contributed by atoms with Crippen LogP contribution < -0.4 is 0 Å². The van der Waals surface area contributed by atoms with Gasteiger partial charge < -0.3 is 14.5 Å². The number of piperazine rings is 1. The van der Waals surface area contributed by atoms with Crippen LogP contribution in [0.5, 0.6) is 0 Å². The van der Waals surface area contributed by atoms with E-state index in [1.165, 1.54) is 18.3 Å². The zero-order chi connectivity index (χ0) is 11.0. The third-order valence-electron chi connectivity index (χ3n) is 3.39. The Morgan fingerprint density at radius 3 is 2.73 bits per heavy atom. The van der Waals surface area contributed by atoms with E-state index >= 15 is 0 Å². The first-order valence-electron chi connectivity index (χ1n) is 5.42. The maximum absolute atomic E-state index is 10.8. The highest BCUT2D eigenvalue weighted by Crippen LogP contribution is 2.28. The van der Waals surface area contributed by atoms with E-state index in [4.69, 9.17) is 4.74 Å². The Morgan fingerprint density at radius 1 is 1.40 bits per heavy atom. The van der Waals surface area contributed by atoms with Gasteiger partial charge in [-0.2, -0.15) is 0 Å². The number of carbonyl (C=O) groups excluding carboxylic acids is 1. The van der Waals surface area contributed by atoms with Crippen LogP contribution in [0.15, 0.2) is 11.4 Å². The fourth-order valence-electron chi connectivity index (χ4n) is 2.39. The summed E-state index contributed by atoms with van der Waals surface area (Å²) >= 11 is 0. The van der Waals surface area contributed by atoms with E-state index in [1.807, 2.05) is 0 Å². The van der Waals surface area contributed by atoms with Crippen molar-refractivity contribution < 1.29 is 9.53 Å². The molecule has 0 N–H and O–H groups in total. The first kappa shape index (κ1) is 10.3. The molecule has 3 rings (SSSR count). The molecule has 0 aliphatic carbocycles. The van der Waals surface area contributed by atoms with Gasteiger partial charge in [0.15, 0.2) is 0 Å². The molecule has 0 aromatic heterocycles. The fraction of sp³-hybridized carbons (Fsp3) is 0.727. The molecule has 0 amide bonds. The molecular formula is C11H18N2O2. The second-order valence-corrected chi connectivity index (χ2v) is 4.27. The highest BCUT2D eigenvalue weighted by Gasteiger charge is 2.34. The molecule has 0 spiro atoms. The number of hydrogen-bond acceptors (Lipinski definition) is 4. The standard InChI is InChI=1S/C11H18N2O2/c1-8-9(2)13-5-4-12(8)6-11(13)7-15-10(3)14/h11H,4-7H2,1-3H3. The van der Waals surface area contributed by atoms with Crippen LogP contribution in [0.1, 0.15) is 20.8 Å². The lowest BCUT2D eigenvalue weighted by Gasteiger charge is -2.50. The average molecular weight is 210 g/mol. The maximum Gasteiger partial charge on any atom is 0.302 e. The van der Waals surface area contributed by atoms with Gasteiger partial charge in [-0.3, -0.25) is 4.79 Å². The van der Waals surface area contributed by atoms with Crippen LogP contribution in [0, 0.1) is 0 Å². The van der Waals surface area contributed by atoms with Crippen LogP contribution in [0.25, 0.3) is 0 Å². The van der Waals surface area contributed by atoms with Crippen LogP contribution in [0.4, 0.5) is 0 Å². The number of esters is 1. The molecule has 0 radical (unpaired) electrons. The van der Waals surface area contributed by atoms with Gasteiger partial charge in [-0.15, -0.1) is 0 Å². The molecule has 84 valence electrons. The predicted molar refractivity (Wildman–Crippen MR) is 57.1 cm³/mol. The van der Waals surface area contributed by atoms with Gasteiger partial charge in [0, 0.05) is 38.0 Å². The van der Waals surface area contributed by atoms with Crippen molar-refractivity contribution in [2.75, 3.05) is 26.2 Å². The number of fused-ring (bicyclic) bond motifs is 2. The normalized spacial score (nSPS) is 24.9. The zero-order valence-electron chi connectivity index (χ0n) is 9.62. The van der Waals surface area contributed by atoms with Gasteiger partial charge in [0.1, 0.15) is 6.61 Å². The van der Waals surface area contributed by atoms with Gasteiger partial charge in [-0.1, -0.05) is 0 Å². The highest BCUT2D eigenvalue weighted by atomic mass is 16.5. The van der Waals surface area contributed by atoms with E-state index in [0.717, 1.165) is 19.6 Å². The van der Waals surface area contributed by atoms with Crippen LogP contribution in [0.3, 0.4) is 0 Å². The summed E-state index contributed by atoms with van der Waals surface area (Å²) in [4.78, 5) is 15.5. The summed E-state index contributed by atoms with van der Waals surface area (Å²) in [7, 11) is 0. The van der Waals surface area contributed by atoms with Crippen molar-refractivity contribution in [3.63, 3.8) is 0 Å². The van der Waals surface area contributed by atoms with Crippen molar-refractivity contribution in [1.29, 1.82) is 0 Å². The molecule has 1 atom stereocenters. The second kappa shape index (κ2) is 3.76. The van der Waals surface area contributed by atoms with Crippen LogP contribution in [0.2, 0.25) is 0 Å². The molecule has 2 bridgehead atoms. The number of rotatable bonds is 2. The van der Waals surface area contributed by atoms with Gasteiger partial charge in [0.2, 0.25) is 0 Å². The van der Waals surface area contributed by atoms with E-state index in [1.54, 1.807) is 0 Å². The van der Waals surface area contributed by atoms with Crippen LogP contribution in [-0.2, 0) is 9.53 Å². The van der Waals surface area contributed by atoms with Gasteiger partial charge in [-0.05, 0) is 13.8 Å². The summed E-state index contributed by atoms with van der Waals surface area (Å²) < 4.78 is 5.09. The number of nitrogens with zero attached hydrogens (tertiary/aromatic N) is 2. The summed E-state index contributed by atoms with van der Waals surface area (Å²) in [5.41, 5.74) is 2.69. The van der Waals surface area contributed by atoms with Crippen LogP contribution in [-0.4, -0.2) is 48.1 Å². The molecule has 4 heteroatoms. The van der Waals surface area contributed by atoms with E-state index in [2.05, 4.69) is 23.6 Å². The number of allylic oxidation sites excluding steroid dienone is 2. The molecular weight excluding hydrogens is 192 g/mol. The molecule has 1 unspecified atom stereocenters. The van der Waals surface area contributed by atoms with Gasteiger partial charge in [0.05, 0.1) is 6.04 Å². The minimum absolute atomic E-state index is 0.189. The fourth-order valence-corrected chi connectivity index (χ4v) is 2.39. The predicted octanol–water partition coefficient (Wildman–Crippen LogP) is 0.801. The quantitative estimate of drug-likeness (QED) is 0.631. The Hall–Kier alpha value is -1.19. The van der Waals surface area contributed by atoms with E-state index in [-0.39, 0.29) is 5.97 Å². The van der Waals surface area contributed by atoms with Crippen molar-refractivity contribution in [1.82, 2.24) is 9.80 Å². The van der Waals surface area contributed by atoms with Gasteiger partial charge in [0.25, 0.3) is 0 Å². The van der Waals surface area contributed by atoms with E-state index < -0.39 is 0 Å². The van der Waals surface area contributed by atoms with Crippen molar-refractivity contribution in [2.45, 2.75) is 26.8 Å². The monoisotopic (exact) mass is 210 g/mol. The Kier molecular flexibility index (Phi) is 2.59. The molecule has 0 aromatic rings. The third-order valence-corrected chi connectivity index (χ3v) is 3.39. The maximum atomic E-state index is 10.8. The molecule has 4 nitrogen and oxygen atoms in total. The lowest BCUT2D eigenvalue weighted by atomic mass is 10.1. The zero-order valence-corrected chi connectivity index (χ0v) is 9.62. The van der Waals surface area contributed by atoms with Crippen molar-refractivity contribution in [3.8, 4) is 0 Å². The highest BCUT2D eigenvalue weighted by molar-refractivity contribution is 5.65. The Bertz CT molecular complexity index is 312. The first-order valence-corrected chi connectivity index (χ1v) is 5.42. The summed E-state index contributed by atoms with van der Waals surface area (Å²) in [5.74, 6) is -0.189. The smallest absolute Gasteiger partial charge is 0.302 e. The van der Waals surface area contributed by atoms with Crippen molar-refractivity contribution in [3.05, 3.63) is 11.4 Å². The minimum atomic E-state index is -0.189. The molecule has 15 heavy (non-hydrogen) atoms. The Labute approximate surface area is 90.5 Å². The molecule has 0 saturated carbocycles. The van der Waals surface area contributed by atoms with Gasteiger partial charge >= 0.3 is 5.97 Å². The Morgan fingerprint density at radius 2 is 2.13 bits per heavy atom. The lowest BCUT2D eigenvalue weighted by molar-refractivity contribution is -0.143. The Balaban J connectivity index is 2.04.